The molecule has 2 aliphatic heterocycles. The molecule has 5 rings (SSSR count). The van der Waals surface area contributed by atoms with Crippen LogP contribution in [0.2, 0.25) is 0 Å². The molecule has 1 fully saturated rings. The Morgan fingerprint density at radius 1 is 1.19 bits per heavy atom. The zero-order valence-corrected chi connectivity index (χ0v) is 17.2. The monoisotopic (exact) mass is 445 g/mol. The van der Waals surface area contributed by atoms with Gasteiger partial charge in [0.05, 0.1) is 24.8 Å². The highest BCUT2D eigenvalue weighted by atomic mass is 32.1. The van der Waals surface area contributed by atoms with Crippen LogP contribution in [0.15, 0.2) is 35.6 Å². The number of carbonyl (C=O) groups is 1. The third-order valence-electron chi connectivity index (χ3n) is 5.13. The molecule has 1 saturated heterocycles. The molecule has 0 bridgehead atoms. The van der Waals surface area contributed by atoms with Crippen LogP contribution in [-0.4, -0.2) is 61.3 Å². The van der Waals surface area contributed by atoms with Crippen molar-refractivity contribution >= 4 is 23.6 Å². The first-order valence-electron chi connectivity index (χ1n) is 9.53. The predicted octanol–water partition coefficient (Wildman–Crippen LogP) is 2.83. The van der Waals surface area contributed by atoms with Crippen molar-refractivity contribution in [1.29, 1.82) is 0 Å². The van der Waals surface area contributed by atoms with Crippen molar-refractivity contribution in [3.8, 4) is 15.9 Å². The fraction of sp³-hybridized carbons (Fsp3) is 0.316. The first-order valence-corrected chi connectivity index (χ1v) is 10.3. The van der Waals surface area contributed by atoms with E-state index in [-0.39, 0.29) is 12.1 Å². The number of likely N-dealkylation sites (tertiary alicyclic amines) is 1. The van der Waals surface area contributed by atoms with Gasteiger partial charge in [-0.2, -0.15) is 10.2 Å². The van der Waals surface area contributed by atoms with E-state index < -0.39 is 17.7 Å². The number of hydrogen-bond acceptors (Lipinski definition) is 7. The third kappa shape index (κ3) is 3.74. The molecule has 9 nitrogen and oxygen atoms in total. The van der Waals surface area contributed by atoms with Crippen molar-refractivity contribution in [2.45, 2.75) is 18.6 Å². The van der Waals surface area contributed by atoms with Crippen LogP contribution in [0.3, 0.4) is 0 Å². The zero-order chi connectivity index (χ0) is 21.5. The van der Waals surface area contributed by atoms with Crippen molar-refractivity contribution in [3.05, 3.63) is 47.7 Å². The Morgan fingerprint density at radius 3 is 2.68 bits per heavy atom. The number of carbonyl (C=O) groups excluding carboxylic acids is 1. The number of benzene rings is 1. The van der Waals surface area contributed by atoms with Gasteiger partial charge >= 0.3 is 6.03 Å². The van der Waals surface area contributed by atoms with Crippen LogP contribution >= 0.6 is 11.3 Å². The van der Waals surface area contributed by atoms with Crippen molar-refractivity contribution < 1.29 is 18.3 Å². The van der Waals surface area contributed by atoms with Gasteiger partial charge in [-0.05, 0) is 23.8 Å². The lowest BCUT2D eigenvalue weighted by Gasteiger charge is -2.40. The van der Waals surface area contributed by atoms with Gasteiger partial charge in [0.2, 0.25) is 0 Å². The van der Waals surface area contributed by atoms with Crippen LogP contribution in [0.4, 0.5) is 13.6 Å². The molecule has 12 heteroatoms. The Bertz CT molecular complexity index is 1140. The van der Waals surface area contributed by atoms with Crippen LogP contribution < -0.4 is 4.74 Å². The molecule has 0 unspecified atom stereocenters. The van der Waals surface area contributed by atoms with E-state index in [4.69, 9.17) is 4.74 Å². The topological polar surface area (TPSA) is 88.7 Å². The van der Waals surface area contributed by atoms with E-state index in [2.05, 4.69) is 20.4 Å². The summed E-state index contributed by atoms with van der Waals surface area (Å²) in [7, 11) is 1.82. The molecule has 160 valence electrons. The third-order valence-corrected chi connectivity index (χ3v) is 5.96. The fourth-order valence-corrected chi connectivity index (χ4v) is 4.36. The zero-order valence-electron chi connectivity index (χ0n) is 16.4. The number of amides is 2. The maximum Gasteiger partial charge on any atom is 0.341 e. The molecule has 31 heavy (non-hydrogen) atoms. The minimum absolute atomic E-state index is 0.215. The second-order valence-electron chi connectivity index (χ2n) is 7.24. The number of halogens is 2. The highest BCUT2D eigenvalue weighted by molar-refractivity contribution is 7.16. The Labute approximate surface area is 179 Å². The van der Waals surface area contributed by atoms with Crippen LogP contribution in [0.25, 0.3) is 10.7 Å². The quantitative estimate of drug-likeness (QED) is 0.616. The van der Waals surface area contributed by atoms with Crippen LogP contribution in [-0.2, 0) is 7.05 Å². The maximum atomic E-state index is 13.6. The minimum Gasteiger partial charge on any atom is -0.462 e. The Kier molecular flexibility index (Phi) is 4.85. The van der Waals surface area contributed by atoms with E-state index >= 15 is 0 Å². The first kappa shape index (κ1) is 19.5. The van der Waals surface area contributed by atoms with Gasteiger partial charge in [0.25, 0.3) is 5.19 Å². The lowest BCUT2D eigenvalue weighted by atomic mass is 10.0. The lowest BCUT2D eigenvalue weighted by Crippen LogP contribution is -2.58. The summed E-state index contributed by atoms with van der Waals surface area (Å²) in [5.74, 6) is -1.37. The van der Waals surface area contributed by atoms with E-state index in [1.165, 1.54) is 28.5 Å². The Balaban J connectivity index is 1.20. The van der Waals surface area contributed by atoms with Crippen molar-refractivity contribution in [2.24, 2.45) is 12.1 Å². The van der Waals surface area contributed by atoms with Crippen molar-refractivity contribution in [3.63, 3.8) is 0 Å². The van der Waals surface area contributed by atoms with E-state index in [0.29, 0.717) is 35.3 Å². The average Bonchev–Trinajstić information content (AvgIpc) is 3.43. The molecule has 1 aromatic carbocycles. The minimum atomic E-state index is -0.686. The predicted molar refractivity (Wildman–Crippen MR) is 108 cm³/mol. The summed E-state index contributed by atoms with van der Waals surface area (Å²) >= 11 is 1.30. The van der Waals surface area contributed by atoms with Crippen molar-refractivity contribution in [1.82, 2.24) is 29.9 Å². The largest absolute Gasteiger partial charge is 0.462 e. The van der Waals surface area contributed by atoms with Crippen molar-refractivity contribution in [2.75, 3.05) is 13.1 Å². The summed E-state index contributed by atoms with van der Waals surface area (Å²) in [5, 5.41) is 18.8. The second-order valence-corrected chi connectivity index (χ2v) is 8.18. The molecule has 0 aliphatic carbocycles. The fourth-order valence-electron chi connectivity index (χ4n) is 3.54. The molecule has 2 aromatic heterocycles. The number of aromatic nitrogens is 4. The van der Waals surface area contributed by atoms with Crippen LogP contribution in [0.1, 0.15) is 18.0 Å². The molecule has 0 N–H and O–H groups in total. The van der Waals surface area contributed by atoms with E-state index in [9.17, 15) is 13.6 Å². The number of rotatable bonds is 4. The highest BCUT2D eigenvalue weighted by Crippen LogP contribution is 2.32. The molecule has 2 amide bonds. The summed E-state index contributed by atoms with van der Waals surface area (Å²) < 4.78 is 34.7. The SMILES string of the molecule is Cn1nccc1-c1nnc(OC2CN(C(=O)N3N=CC[C@H]3c3cc(F)cc(F)c3)C2)s1. The summed E-state index contributed by atoms with van der Waals surface area (Å²) in [6, 6.07) is 4.21. The van der Waals surface area contributed by atoms with Gasteiger partial charge in [-0.25, -0.2) is 18.6 Å². The number of nitrogens with zero attached hydrogens (tertiary/aromatic N) is 7. The van der Waals surface area contributed by atoms with Gasteiger partial charge in [0, 0.05) is 31.9 Å². The molecule has 0 spiro atoms. The summed E-state index contributed by atoms with van der Waals surface area (Å²) in [6.45, 7) is 0.714. The maximum absolute atomic E-state index is 13.6. The number of ether oxygens (including phenoxy) is 1. The molecule has 0 saturated carbocycles. The lowest BCUT2D eigenvalue weighted by molar-refractivity contribution is 0.0272. The normalized spacial score (nSPS) is 18.5. The van der Waals surface area contributed by atoms with Gasteiger partial charge in [0.15, 0.2) is 5.01 Å². The summed E-state index contributed by atoms with van der Waals surface area (Å²) in [4.78, 5) is 14.4. The highest BCUT2D eigenvalue weighted by Gasteiger charge is 2.39. The molecule has 0 radical (unpaired) electrons. The summed E-state index contributed by atoms with van der Waals surface area (Å²) in [6.07, 6.45) is 3.43. The molecule has 3 aromatic rings. The number of hydrazone groups is 1. The Morgan fingerprint density at radius 2 is 1.97 bits per heavy atom. The van der Waals surface area contributed by atoms with Crippen LogP contribution in [0.5, 0.6) is 5.19 Å². The van der Waals surface area contributed by atoms with Gasteiger partial charge < -0.3 is 9.64 Å². The van der Waals surface area contributed by atoms with E-state index in [1.54, 1.807) is 22.0 Å². The number of aryl methyl sites for hydroxylation is 1. The number of urea groups is 1. The van der Waals surface area contributed by atoms with Gasteiger partial charge in [0.1, 0.15) is 17.7 Å². The van der Waals surface area contributed by atoms with E-state index in [0.717, 1.165) is 11.8 Å². The van der Waals surface area contributed by atoms with Gasteiger partial charge in [-0.3, -0.25) is 4.68 Å². The molecule has 4 heterocycles. The smallest absolute Gasteiger partial charge is 0.341 e. The van der Waals surface area contributed by atoms with E-state index in [1.807, 2.05) is 13.1 Å². The van der Waals surface area contributed by atoms with Crippen LogP contribution in [0, 0.1) is 11.6 Å². The summed E-state index contributed by atoms with van der Waals surface area (Å²) in [5.41, 5.74) is 1.21. The first-order chi connectivity index (χ1) is 15.0. The molecular formula is C19H17F2N7O2S. The van der Waals surface area contributed by atoms with Gasteiger partial charge in [-0.15, -0.1) is 5.10 Å². The second kappa shape index (κ2) is 7.69. The number of hydrogen-bond donors (Lipinski definition) is 0. The molecule has 1 atom stereocenters. The Hall–Kier alpha value is -3.41. The standard InChI is InChI=1S/C19H17F2N7O2S/c1-26-16(3-4-22-26)17-24-25-18(31-17)30-14-9-27(10-14)19(29)28-15(2-5-23-28)11-6-12(20)8-13(21)7-11/h3-8,14-15H,2,9-10H2,1H3/t15-/m0/s1. The molecule has 2 aliphatic rings. The molecular weight excluding hydrogens is 428 g/mol. The van der Waals surface area contributed by atoms with Gasteiger partial charge in [-0.1, -0.05) is 16.4 Å². The average molecular weight is 445 g/mol.